The second-order valence-corrected chi connectivity index (χ2v) is 7.93. The molecule has 2 aromatic rings. The van der Waals surface area contributed by atoms with Gasteiger partial charge in [0.1, 0.15) is 0 Å². The van der Waals surface area contributed by atoms with Crippen molar-refractivity contribution in [2.24, 2.45) is 25.9 Å². The normalized spacial score (nSPS) is 13.5. The van der Waals surface area contributed by atoms with E-state index < -0.39 is 17.4 Å². The summed E-state index contributed by atoms with van der Waals surface area (Å²) >= 11 is 0. The molecular weight excluding hydrogens is 334 g/mol. The van der Waals surface area contributed by atoms with Crippen molar-refractivity contribution in [3.05, 3.63) is 27.2 Å². The number of aliphatic hydroxyl groups is 1. The lowest BCUT2D eigenvalue weighted by Crippen LogP contribution is -2.40. The van der Waals surface area contributed by atoms with Crippen LogP contribution in [0.3, 0.4) is 0 Å². The third-order valence-electron chi connectivity index (χ3n) is 4.34. The Morgan fingerprint density at radius 1 is 1.04 bits per heavy atom. The van der Waals surface area contributed by atoms with Crippen LogP contribution in [0.5, 0.6) is 0 Å². The molecule has 2 rings (SSSR count). The van der Waals surface area contributed by atoms with Gasteiger partial charge in [-0.1, -0.05) is 27.7 Å². The van der Waals surface area contributed by atoms with Gasteiger partial charge in [0.05, 0.1) is 19.0 Å². The first-order valence-corrected chi connectivity index (χ1v) is 9.13. The number of nitrogens with zero attached hydrogens (tertiary/aromatic N) is 5. The third kappa shape index (κ3) is 4.42. The molecule has 26 heavy (non-hydrogen) atoms. The third-order valence-corrected chi connectivity index (χ3v) is 4.34. The summed E-state index contributed by atoms with van der Waals surface area (Å²) in [6, 6.07) is 0. The van der Waals surface area contributed by atoms with Crippen molar-refractivity contribution in [2.75, 3.05) is 19.6 Å². The highest BCUT2D eigenvalue weighted by molar-refractivity contribution is 5.69. The Kier molecular flexibility index (Phi) is 6.41. The molecule has 0 fully saturated rings. The molecule has 0 aliphatic heterocycles. The lowest BCUT2D eigenvalue weighted by atomic mass is 10.1. The van der Waals surface area contributed by atoms with Gasteiger partial charge in [-0.05, 0) is 11.8 Å². The average Bonchev–Trinajstić information content (AvgIpc) is 2.93. The minimum absolute atomic E-state index is 0.261. The summed E-state index contributed by atoms with van der Waals surface area (Å²) in [6.07, 6.45) is 0.885. The van der Waals surface area contributed by atoms with E-state index in [4.69, 9.17) is 0 Å². The molecule has 0 aromatic carbocycles. The Labute approximate surface area is 153 Å². The number of hydrogen-bond acceptors (Lipinski definition) is 5. The van der Waals surface area contributed by atoms with Crippen LogP contribution in [0.4, 0.5) is 0 Å². The van der Waals surface area contributed by atoms with Gasteiger partial charge in [0, 0.05) is 33.7 Å². The number of aromatic nitrogens is 4. The van der Waals surface area contributed by atoms with Crippen LogP contribution in [-0.2, 0) is 20.6 Å². The summed E-state index contributed by atoms with van der Waals surface area (Å²) in [5.74, 6) is 1.02. The average molecular weight is 365 g/mol. The molecule has 146 valence electrons. The number of aryl methyl sites for hydroxylation is 1. The molecule has 1 N–H and O–H groups in total. The zero-order valence-corrected chi connectivity index (χ0v) is 16.6. The summed E-state index contributed by atoms with van der Waals surface area (Å²) in [7, 11) is 3.04. The van der Waals surface area contributed by atoms with Gasteiger partial charge in [-0.15, -0.1) is 0 Å². The van der Waals surface area contributed by atoms with Crippen molar-refractivity contribution in [3.63, 3.8) is 0 Å². The van der Waals surface area contributed by atoms with Gasteiger partial charge in [-0.2, -0.15) is 0 Å². The van der Waals surface area contributed by atoms with E-state index in [1.165, 1.54) is 17.9 Å². The molecule has 1 atom stereocenters. The van der Waals surface area contributed by atoms with E-state index >= 15 is 0 Å². The maximum Gasteiger partial charge on any atom is 0.332 e. The molecule has 0 aliphatic rings. The standard InChI is InChI=1S/C18H31N5O3/c1-12(2)7-22(8-13(3)4)9-14(24)10-23-11-19-16-15(23)17(25)21(6)18(26)20(16)5/h11-14,24H,7-10H2,1-6H3/t14-/m0/s1. The maximum atomic E-state index is 12.5. The van der Waals surface area contributed by atoms with Crippen LogP contribution in [-0.4, -0.2) is 54.4 Å². The van der Waals surface area contributed by atoms with Gasteiger partial charge in [0.2, 0.25) is 0 Å². The smallest absolute Gasteiger partial charge is 0.332 e. The minimum Gasteiger partial charge on any atom is -0.390 e. The van der Waals surface area contributed by atoms with Crippen molar-refractivity contribution in [1.82, 2.24) is 23.6 Å². The minimum atomic E-state index is -0.633. The molecule has 8 heteroatoms. The van der Waals surface area contributed by atoms with Crippen molar-refractivity contribution in [1.29, 1.82) is 0 Å². The summed E-state index contributed by atoms with van der Waals surface area (Å²) in [5.41, 5.74) is -0.123. The predicted octanol–water partition coefficient (Wildman–Crippen LogP) is 0.409. The maximum absolute atomic E-state index is 12.5. The molecule has 0 aliphatic carbocycles. The Morgan fingerprint density at radius 2 is 1.62 bits per heavy atom. The number of hydrogen-bond donors (Lipinski definition) is 1. The first kappa shape index (κ1) is 20.4. The Hall–Kier alpha value is -1.93. The van der Waals surface area contributed by atoms with E-state index in [9.17, 15) is 14.7 Å². The summed E-state index contributed by atoms with van der Waals surface area (Å²) in [6.45, 7) is 11.3. The van der Waals surface area contributed by atoms with Crippen LogP contribution >= 0.6 is 0 Å². The highest BCUT2D eigenvalue weighted by Crippen LogP contribution is 2.09. The fourth-order valence-electron chi connectivity index (χ4n) is 3.37. The highest BCUT2D eigenvalue weighted by atomic mass is 16.3. The summed E-state index contributed by atoms with van der Waals surface area (Å²) in [4.78, 5) is 30.9. The monoisotopic (exact) mass is 365 g/mol. The first-order valence-electron chi connectivity index (χ1n) is 9.13. The summed E-state index contributed by atoms with van der Waals surface area (Å²) in [5, 5.41) is 10.6. The van der Waals surface area contributed by atoms with Crippen molar-refractivity contribution in [3.8, 4) is 0 Å². The van der Waals surface area contributed by atoms with E-state index in [1.807, 2.05) is 0 Å². The topological polar surface area (TPSA) is 85.3 Å². The molecule has 8 nitrogen and oxygen atoms in total. The molecule has 0 saturated heterocycles. The number of aliphatic hydroxyl groups excluding tert-OH is 1. The summed E-state index contributed by atoms with van der Waals surface area (Å²) < 4.78 is 4.06. The largest absolute Gasteiger partial charge is 0.390 e. The fraction of sp³-hybridized carbons (Fsp3) is 0.722. The first-order chi connectivity index (χ1) is 12.1. The molecule has 2 aromatic heterocycles. The van der Waals surface area contributed by atoms with E-state index in [1.54, 1.807) is 11.6 Å². The Balaban J connectivity index is 2.25. The second-order valence-electron chi connectivity index (χ2n) is 7.93. The van der Waals surface area contributed by atoms with Crippen LogP contribution in [0.25, 0.3) is 11.2 Å². The molecular formula is C18H31N5O3. The van der Waals surface area contributed by atoms with E-state index in [0.717, 1.165) is 17.7 Å². The fourth-order valence-corrected chi connectivity index (χ4v) is 3.37. The molecule has 0 bridgehead atoms. The van der Waals surface area contributed by atoms with Gasteiger partial charge in [-0.25, -0.2) is 9.78 Å². The van der Waals surface area contributed by atoms with E-state index in [-0.39, 0.29) is 6.54 Å². The molecule has 0 amide bonds. The van der Waals surface area contributed by atoms with Crippen molar-refractivity contribution < 1.29 is 5.11 Å². The lowest BCUT2D eigenvalue weighted by molar-refractivity contribution is 0.0868. The van der Waals surface area contributed by atoms with Gasteiger partial charge in [-0.3, -0.25) is 13.9 Å². The van der Waals surface area contributed by atoms with Crippen molar-refractivity contribution >= 4 is 11.2 Å². The van der Waals surface area contributed by atoms with Gasteiger partial charge in [0.25, 0.3) is 5.56 Å². The lowest BCUT2D eigenvalue weighted by Gasteiger charge is -2.28. The number of imidazole rings is 1. The molecule has 0 spiro atoms. The molecule has 0 saturated carbocycles. The van der Waals surface area contributed by atoms with Gasteiger partial charge < -0.3 is 14.6 Å². The Bertz CT molecular complexity index is 852. The van der Waals surface area contributed by atoms with Crippen LogP contribution in [0.15, 0.2) is 15.9 Å². The molecule has 0 radical (unpaired) electrons. The van der Waals surface area contributed by atoms with Gasteiger partial charge >= 0.3 is 5.69 Å². The van der Waals surface area contributed by atoms with Crippen LogP contribution in [0, 0.1) is 11.8 Å². The number of fused-ring (bicyclic) bond motifs is 1. The zero-order valence-electron chi connectivity index (χ0n) is 16.6. The van der Waals surface area contributed by atoms with E-state index in [0.29, 0.717) is 29.5 Å². The van der Waals surface area contributed by atoms with Crippen LogP contribution < -0.4 is 11.2 Å². The van der Waals surface area contributed by atoms with Crippen LogP contribution in [0.1, 0.15) is 27.7 Å². The SMILES string of the molecule is CC(C)CN(CC(C)C)C[C@H](O)Cn1cnc2c1c(=O)n(C)c(=O)n2C. The van der Waals surface area contributed by atoms with Crippen molar-refractivity contribution in [2.45, 2.75) is 40.3 Å². The van der Waals surface area contributed by atoms with Crippen LogP contribution in [0.2, 0.25) is 0 Å². The predicted molar refractivity (Wildman–Crippen MR) is 102 cm³/mol. The Morgan fingerprint density at radius 3 is 2.15 bits per heavy atom. The number of rotatable bonds is 8. The highest BCUT2D eigenvalue weighted by Gasteiger charge is 2.19. The quantitative estimate of drug-likeness (QED) is 0.732. The van der Waals surface area contributed by atoms with Gasteiger partial charge in [0.15, 0.2) is 11.2 Å². The zero-order chi connectivity index (χ0) is 19.6. The van der Waals surface area contributed by atoms with E-state index in [2.05, 4.69) is 37.6 Å². The molecule has 2 heterocycles. The second kappa shape index (κ2) is 8.18. The molecule has 0 unspecified atom stereocenters.